The molecule has 1 saturated carbocycles. The summed E-state index contributed by atoms with van der Waals surface area (Å²) in [6, 6.07) is 6.04. The van der Waals surface area contributed by atoms with Crippen LogP contribution in [0.25, 0.3) is 0 Å². The maximum atomic E-state index is 12.5. The van der Waals surface area contributed by atoms with Gasteiger partial charge in [0, 0.05) is 18.8 Å². The van der Waals surface area contributed by atoms with Crippen molar-refractivity contribution >= 4 is 11.6 Å². The van der Waals surface area contributed by atoms with E-state index in [1.54, 1.807) is 0 Å². The Bertz CT molecular complexity index is 486. The van der Waals surface area contributed by atoms with E-state index in [2.05, 4.69) is 24.5 Å². The molecule has 1 amide bonds. The molecule has 1 aliphatic carbocycles. The molecule has 0 heterocycles. The number of amides is 1. The Morgan fingerprint density at radius 3 is 2.62 bits per heavy atom. The largest absolute Gasteiger partial charge is 0.384 e. The van der Waals surface area contributed by atoms with Crippen LogP contribution in [-0.2, 0) is 0 Å². The Kier molecular flexibility index (Phi) is 5.27. The third kappa shape index (κ3) is 3.78. The van der Waals surface area contributed by atoms with Crippen LogP contribution in [0.1, 0.15) is 61.9 Å². The summed E-state index contributed by atoms with van der Waals surface area (Å²) in [5.74, 6) is 0.0528. The molecule has 3 heteroatoms. The zero-order chi connectivity index (χ0) is 15.3. The maximum absolute atomic E-state index is 12.5. The monoisotopic (exact) mass is 288 g/mol. The van der Waals surface area contributed by atoms with Crippen LogP contribution < -0.4 is 10.6 Å². The van der Waals surface area contributed by atoms with Gasteiger partial charge in [-0.25, -0.2) is 0 Å². The van der Waals surface area contributed by atoms with Gasteiger partial charge in [-0.3, -0.25) is 4.79 Å². The van der Waals surface area contributed by atoms with E-state index in [4.69, 9.17) is 0 Å². The second-order valence-corrected chi connectivity index (χ2v) is 6.37. The van der Waals surface area contributed by atoms with Crippen LogP contribution in [0.3, 0.4) is 0 Å². The lowest BCUT2D eigenvalue weighted by Gasteiger charge is -2.41. The molecule has 1 fully saturated rings. The van der Waals surface area contributed by atoms with E-state index in [0.29, 0.717) is 5.41 Å². The van der Waals surface area contributed by atoms with Gasteiger partial charge in [-0.2, -0.15) is 0 Å². The normalized spacial score (nSPS) is 16.1. The predicted octanol–water partition coefficient (Wildman–Crippen LogP) is 4.13. The number of hydrogen-bond acceptors (Lipinski definition) is 2. The molecule has 21 heavy (non-hydrogen) atoms. The number of hydrogen-bond donors (Lipinski definition) is 2. The van der Waals surface area contributed by atoms with E-state index in [9.17, 15) is 4.79 Å². The first-order chi connectivity index (χ1) is 10.1. The molecule has 0 unspecified atom stereocenters. The molecular formula is C18H28N2O. The first-order valence-corrected chi connectivity index (χ1v) is 8.23. The summed E-state index contributed by atoms with van der Waals surface area (Å²) >= 11 is 0. The Balaban J connectivity index is 2.05. The minimum Gasteiger partial charge on any atom is -0.384 e. The molecule has 0 aliphatic heterocycles. The number of aryl methyl sites for hydroxylation is 1. The Hall–Kier alpha value is -1.51. The molecule has 0 bridgehead atoms. The van der Waals surface area contributed by atoms with Crippen LogP contribution in [0, 0.1) is 12.3 Å². The van der Waals surface area contributed by atoms with Crippen molar-refractivity contribution in [3.63, 3.8) is 0 Å². The molecule has 3 nitrogen and oxygen atoms in total. The standard InChI is InChI=1S/C18H28N2O/c1-4-11-19-16-8-7-14(3)12-15(16)17(21)20-13-18(5-2)9-6-10-18/h7-8,12,19H,4-6,9-11,13H2,1-3H3,(H,20,21). The van der Waals surface area contributed by atoms with E-state index in [1.807, 2.05) is 25.1 Å². The first-order valence-electron chi connectivity index (χ1n) is 8.23. The van der Waals surface area contributed by atoms with Crippen molar-refractivity contribution in [2.75, 3.05) is 18.4 Å². The van der Waals surface area contributed by atoms with Gasteiger partial charge in [0.1, 0.15) is 0 Å². The van der Waals surface area contributed by atoms with Gasteiger partial charge in [-0.1, -0.05) is 31.9 Å². The fourth-order valence-corrected chi connectivity index (χ4v) is 2.95. The summed E-state index contributed by atoms with van der Waals surface area (Å²) < 4.78 is 0. The Morgan fingerprint density at radius 2 is 2.05 bits per heavy atom. The molecule has 0 radical (unpaired) electrons. The van der Waals surface area contributed by atoms with E-state index in [0.717, 1.165) is 42.7 Å². The first kappa shape index (κ1) is 15.9. The summed E-state index contributed by atoms with van der Waals surface area (Å²) in [6.45, 7) is 8.08. The SMILES string of the molecule is CCCNc1ccc(C)cc1C(=O)NCC1(CC)CCC1. The van der Waals surface area contributed by atoms with Crippen molar-refractivity contribution in [3.8, 4) is 0 Å². The third-order valence-electron chi connectivity index (χ3n) is 4.77. The van der Waals surface area contributed by atoms with Gasteiger partial charge < -0.3 is 10.6 Å². The number of nitrogens with one attached hydrogen (secondary N) is 2. The molecule has 2 N–H and O–H groups in total. The van der Waals surface area contributed by atoms with E-state index in [-0.39, 0.29) is 5.91 Å². The highest BCUT2D eigenvalue weighted by atomic mass is 16.1. The van der Waals surface area contributed by atoms with Crippen LogP contribution in [0.2, 0.25) is 0 Å². The molecule has 0 aromatic heterocycles. The average molecular weight is 288 g/mol. The summed E-state index contributed by atoms with van der Waals surface area (Å²) in [5.41, 5.74) is 3.19. The molecule has 2 rings (SSSR count). The number of anilines is 1. The average Bonchev–Trinajstić information content (AvgIpc) is 2.45. The van der Waals surface area contributed by atoms with E-state index >= 15 is 0 Å². The van der Waals surface area contributed by atoms with Crippen LogP contribution >= 0.6 is 0 Å². The lowest BCUT2D eigenvalue weighted by atomic mass is 9.67. The van der Waals surface area contributed by atoms with Crippen molar-refractivity contribution in [1.29, 1.82) is 0 Å². The van der Waals surface area contributed by atoms with E-state index < -0.39 is 0 Å². The summed E-state index contributed by atoms with van der Waals surface area (Å²) in [7, 11) is 0. The molecule has 0 atom stereocenters. The lowest BCUT2D eigenvalue weighted by Crippen LogP contribution is -2.41. The van der Waals surface area contributed by atoms with Crippen LogP contribution in [0.4, 0.5) is 5.69 Å². The Morgan fingerprint density at radius 1 is 1.29 bits per heavy atom. The molecule has 0 saturated heterocycles. The van der Waals surface area contributed by atoms with Crippen LogP contribution in [0.5, 0.6) is 0 Å². The minimum atomic E-state index is 0.0528. The number of carbonyl (C=O) groups excluding carboxylic acids is 1. The van der Waals surface area contributed by atoms with Gasteiger partial charge >= 0.3 is 0 Å². The maximum Gasteiger partial charge on any atom is 0.253 e. The van der Waals surface area contributed by atoms with Gasteiger partial charge in [0.25, 0.3) is 5.91 Å². The second-order valence-electron chi connectivity index (χ2n) is 6.37. The highest BCUT2D eigenvalue weighted by Crippen LogP contribution is 2.43. The number of carbonyl (C=O) groups is 1. The van der Waals surface area contributed by atoms with E-state index in [1.165, 1.54) is 19.3 Å². The fourth-order valence-electron chi connectivity index (χ4n) is 2.95. The van der Waals surface area contributed by atoms with Crippen LogP contribution in [0.15, 0.2) is 18.2 Å². The molecule has 0 spiro atoms. The van der Waals surface area contributed by atoms with Gasteiger partial charge in [-0.05, 0) is 50.2 Å². The van der Waals surface area contributed by atoms with Crippen molar-refractivity contribution < 1.29 is 4.79 Å². The quantitative estimate of drug-likeness (QED) is 0.792. The smallest absolute Gasteiger partial charge is 0.253 e. The number of rotatable bonds is 7. The van der Waals surface area contributed by atoms with Gasteiger partial charge in [0.2, 0.25) is 0 Å². The predicted molar refractivity (Wildman–Crippen MR) is 88.9 cm³/mol. The molecule has 1 aromatic rings. The van der Waals surface area contributed by atoms with Gasteiger partial charge in [0.15, 0.2) is 0 Å². The van der Waals surface area contributed by atoms with Crippen molar-refractivity contribution in [2.24, 2.45) is 5.41 Å². The molecular weight excluding hydrogens is 260 g/mol. The highest BCUT2D eigenvalue weighted by Gasteiger charge is 2.35. The lowest BCUT2D eigenvalue weighted by molar-refractivity contribution is 0.0850. The van der Waals surface area contributed by atoms with Crippen LogP contribution in [-0.4, -0.2) is 19.0 Å². The number of benzene rings is 1. The minimum absolute atomic E-state index is 0.0528. The summed E-state index contributed by atoms with van der Waals surface area (Å²) in [6.07, 6.45) is 6.00. The van der Waals surface area contributed by atoms with Gasteiger partial charge in [-0.15, -0.1) is 0 Å². The second kappa shape index (κ2) is 6.97. The topological polar surface area (TPSA) is 41.1 Å². The summed E-state index contributed by atoms with van der Waals surface area (Å²) in [5, 5.41) is 6.51. The molecule has 116 valence electrons. The molecule has 1 aromatic carbocycles. The van der Waals surface area contributed by atoms with Crippen molar-refractivity contribution in [1.82, 2.24) is 5.32 Å². The zero-order valence-corrected chi connectivity index (χ0v) is 13.6. The zero-order valence-electron chi connectivity index (χ0n) is 13.6. The summed E-state index contributed by atoms with van der Waals surface area (Å²) in [4.78, 5) is 12.5. The van der Waals surface area contributed by atoms with Crippen molar-refractivity contribution in [2.45, 2.75) is 52.9 Å². The Labute approximate surface area is 128 Å². The van der Waals surface area contributed by atoms with Gasteiger partial charge in [0.05, 0.1) is 5.56 Å². The molecule has 1 aliphatic rings. The fraction of sp³-hybridized carbons (Fsp3) is 0.611. The van der Waals surface area contributed by atoms with Crippen molar-refractivity contribution in [3.05, 3.63) is 29.3 Å². The third-order valence-corrected chi connectivity index (χ3v) is 4.77. The highest BCUT2D eigenvalue weighted by molar-refractivity contribution is 5.99.